The van der Waals surface area contributed by atoms with Gasteiger partial charge in [-0.15, -0.1) is 5.10 Å². The summed E-state index contributed by atoms with van der Waals surface area (Å²) in [4.78, 5) is 16.0. The van der Waals surface area contributed by atoms with Gasteiger partial charge in [-0.05, 0) is 48.3 Å². The highest BCUT2D eigenvalue weighted by molar-refractivity contribution is 7.03. The predicted octanol–water partition coefficient (Wildman–Crippen LogP) is 3.48. The van der Waals surface area contributed by atoms with Crippen LogP contribution < -0.4 is 10.6 Å². The van der Waals surface area contributed by atoms with E-state index in [4.69, 9.17) is 0 Å². The van der Waals surface area contributed by atoms with Crippen molar-refractivity contribution in [3.63, 3.8) is 0 Å². The number of benzene rings is 1. The van der Waals surface area contributed by atoms with Gasteiger partial charge in [-0.1, -0.05) is 16.6 Å². The first kappa shape index (κ1) is 15.1. The van der Waals surface area contributed by atoms with E-state index in [0.717, 1.165) is 22.5 Å². The molecule has 0 spiro atoms. The molecule has 0 saturated carbocycles. The molecule has 6 nitrogen and oxygen atoms in total. The standard InChI is InChI=1S/C16H15N5OS/c1-11(12-6-8-17-9-7-12)18-16(22)19-14-4-2-13(3-5-14)15-10-23-21-20-15/h2-11H,1H3,(H2,18,19,22). The lowest BCUT2D eigenvalue weighted by Gasteiger charge is -2.15. The summed E-state index contributed by atoms with van der Waals surface area (Å²) in [6, 6.07) is 10.9. The molecule has 1 aromatic carbocycles. The third kappa shape index (κ3) is 3.89. The van der Waals surface area contributed by atoms with Crippen LogP contribution in [0.3, 0.4) is 0 Å². The third-order valence-corrected chi connectivity index (χ3v) is 3.86. The van der Waals surface area contributed by atoms with Crippen molar-refractivity contribution in [1.29, 1.82) is 0 Å². The Morgan fingerprint density at radius 2 is 1.87 bits per heavy atom. The van der Waals surface area contributed by atoms with E-state index in [9.17, 15) is 4.79 Å². The monoisotopic (exact) mass is 325 g/mol. The minimum absolute atomic E-state index is 0.0987. The van der Waals surface area contributed by atoms with Gasteiger partial charge < -0.3 is 10.6 Å². The van der Waals surface area contributed by atoms with E-state index in [0.29, 0.717) is 0 Å². The summed E-state index contributed by atoms with van der Waals surface area (Å²) in [5.41, 5.74) is 3.52. The summed E-state index contributed by atoms with van der Waals surface area (Å²) in [6.45, 7) is 1.92. The molecular weight excluding hydrogens is 310 g/mol. The summed E-state index contributed by atoms with van der Waals surface area (Å²) in [5, 5.41) is 11.6. The summed E-state index contributed by atoms with van der Waals surface area (Å²) in [7, 11) is 0. The smallest absolute Gasteiger partial charge is 0.319 e. The molecular formula is C16H15N5OS. The summed E-state index contributed by atoms with van der Waals surface area (Å²) in [5.74, 6) is 0. The first-order chi connectivity index (χ1) is 11.2. The van der Waals surface area contributed by atoms with Crippen molar-refractivity contribution in [2.24, 2.45) is 0 Å². The maximum atomic E-state index is 12.1. The highest BCUT2D eigenvalue weighted by Crippen LogP contribution is 2.20. The van der Waals surface area contributed by atoms with Crippen LogP contribution in [0.5, 0.6) is 0 Å². The molecule has 3 rings (SSSR count). The molecule has 7 heteroatoms. The average molecular weight is 325 g/mol. The molecule has 0 aliphatic carbocycles. The van der Waals surface area contributed by atoms with Crippen LogP contribution in [0.4, 0.5) is 10.5 Å². The normalized spacial score (nSPS) is 11.7. The molecule has 2 heterocycles. The second-order valence-corrected chi connectivity index (χ2v) is 5.58. The Bertz CT molecular complexity index is 759. The van der Waals surface area contributed by atoms with Gasteiger partial charge in [0.25, 0.3) is 0 Å². The fourth-order valence-corrected chi connectivity index (χ4v) is 2.58. The lowest BCUT2D eigenvalue weighted by atomic mass is 10.1. The number of hydrogen-bond acceptors (Lipinski definition) is 5. The number of rotatable bonds is 4. The Morgan fingerprint density at radius 3 is 2.52 bits per heavy atom. The van der Waals surface area contributed by atoms with Gasteiger partial charge in [0.2, 0.25) is 0 Å². The predicted molar refractivity (Wildman–Crippen MR) is 90.2 cm³/mol. The van der Waals surface area contributed by atoms with E-state index in [2.05, 4.69) is 25.2 Å². The molecule has 2 N–H and O–H groups in total. The van der Waals surface area contributed by atoms with Crippen LogP contribution in [0, 0.1) is 0 Å². The summed E-state index contributed by atoms with van der Waals surface area (Å²) in [6.07, 6.45) is 3.41. The van der Waals surface area contributed by atoms with E-state index >= 15 is 0 Å². The third-order valence-electron chi connectivity index (χ3n) is 3.35. The number of anilines is 1. The molecule has 1 unspecified atom stereocenters. The van der Waals surface area contributed by atoms with Gasteiger partial charge in [-0.3, -0.25) is 4.98 Å². The fraction of sp³-hybridized carbons (Fsp3) is 0.125. The molecule has 2 amide bonds. The van der Waals surface area contributed by atoms with Crippen LogP contribution in [0.15, 0.2) is 54.2 Å². The molecule has 0 radical (unpaired) electrons. The molecule has 3 aromatic rings. The minimum Gasteiger partial charge on any atom is -0.331 e. The van der Waals surface area contributed by atoms with Gasteiger partial charge in [-0.2, -0.15) is 0 Å². The molecule has 116 valence electrons. The van der Waals surface area contributed by atoms with Gasteiger partial charge in [0, 0.05) is 29.0 Å². The quantitative estimate of drug-likeness (QED) is 0.769. The van der Waals surface area contributed by atoms with E-state index in [1.165, 1.54) is 11.5 Å². The molecule has 0 saturated heterocycles. The zero-order valence-corrected chi connectivity index (χ0v) is 13.2. The largest absolute Gasteiger partial charge is 0.331 e. The SMILES string of the molecule is CC(NC(=O)Nc1ccc(-c2csnn2)cc1)c1ccncc1. The molecule has 0 aliphatic heterocycles. The molecule has 2 aromatic heterocycles. The van der Waals surface area contributed by atoms with Crippen LogP contribution in [0.25, 0.3) is 11.3 Å². The van der Waals surface area contributed by atoms with Gasteiger partial charge in [0.15, 0.2) is 0 Å². The van der Waals surface area contributed by atoms with Crippen LogP contribution in [-0.2, 0) is 0 Å². The van der Waals surface area contributed by atoms with E-state index in [-0.39, 0.29) is 12.1 Å². The lowest BCUT2D eigenvalue weighted by Crippen LogP contribution is -2.31. The van der Waals surface area contributed by atoms with Crippen LogP contribution >= 0.6 is 11.5 Å². The number of hydrogen-bond donors (Lipinski definition) is 2. The highest BCUT2D eigenvalue weighted by atomic mass is 32.1. The van der Waals surface area contributed by atoms with Gasteiger partial charge in [0.1, 0.15) is 5.69 Å². The Labute approximate surface area is 137 Å². The van der Waals surface area contributed by atoms with Crippen molar-refractivity contribution in [3.05, 3.63) is 59.7 Å². The topological polar surface area (TPSA) is 79.8 Å². The summed E-state index contributed by atoms with van der Waals surface area (Å²) < 4.78 is 3.84. The Morgan fingerprint density at radius 1 is 1.13 bits per heavy atom. The highest BCUT2D eigenvalue weighted by Gasteiger charge is 2.09. The van der Waals surface area contributed by atoms with Gasteiger partial charge in [0.05, 0.1) is 6.04 Å². The van der Waals surface area contributed by atoms with Crippen molar-refractivity contribution in [2.45, 2.75) is 13.0 Å². The Kier molecular flexibility index (Phi) is 4.58. The van der Waals surface area contributed by atoms with Crippen LogP contribution in [0.2, 0.25) is 0 Å². The first-order valence-electron chi connectivity index (χ1n) is 7.07. The maximum Gasteiger partial charge on any atom is 0.319 e. The van der Waals surface area contributed by atoms with Crippen LogP contribution in [-0.4, -0.2) is 20.6 Å². The van der Waals surface area contributed by atoms with Crippen molar-refractivity contribution in [3.8, 4) is 11.3 Å². The van der Waals surface area contributed by atoms with Crippen molar-refractivity contribution in [2.75, 3.05) is 5.32 Å². The Hall–Kier alpha value is -2.80. The maximum absolute atomic E-state index is 12.1. The van der Waals surface area contributed by atoms with E-state index in [1.54, 1.807) is 12.4 Å². The van der Waals surface area contributed by atoms with Gasteiger partial charge >= 0.3 is 6.03 Å². The zero-order chi connectivity index (χ0) is 16.1. The molecule has 0 aliphatic rings. The number of urea groups is 1. The van der Waals surface area contributed by atoms with E-state index in [1.807, 2.05) is 48.7 Å². The van der Waals surface area contributed by atoms with Crippen molar-refractivity contribution in [1.82, 2.24) is 19.9 Å². The second-order valence-electron chi connectivity index (χ2n) is 4.97. The van der Waals surface area contributed by atoms with E-state index < -0.39 is 0 Å². The Balaban J connectivity index is 1.60. The van der Waals surface area contributed by atoms with Gasteiger partial charge in [-0.25, -0.2) is 4.79 Å². The van der Waals surface area contributed by atoms with Crippen molar-refractivity contribution >= 4 is 23.3 Å². The molecule has 23 heavy (non-hydrogen) atoms. The fourth-order valence-electron chi connectivity index (χ4n) is 2.11. The summed E-state index contributed by atoms with van der Waals surface area (Å²) >= 11 is 1.31. The second kappa shape index (κ2) is 6.97. The number of carbonyl (C=O) groups is 1. The zero-order valence-electron chi connectivity index (χ0n) is 12.4. The lowest BCUT2D eigenvalue weighted by molar-refractivity contribution is 0.249. The number of nitrogens with one attached hydrogen (secondary N) is 2. The van der Waals surface area contributed by atoms with Crippen LogP contribution in [0.1, 0.15) is 18.5 Å². The number of aromatic nitrogens is 3. The molecule has 0 bridgehead atoms. The minimum atomic E-state index is -0.252. The average Bonchev–Trinajstić information content (AvgIpc) is 3.11. The number of pyridine rings is 1. The number of amides is 2. The number of carbonyl (C=O) groups excluding carboxylic acids is 1. The molecule has 0 fully saturated rings. The first-order valence-corrected chi connectivity index (χ1v) is 7.91. The number of nitrogens with zero attached hydrogens (tertiary/aromatic N) is 3. The van der Waals surface area contributed by atoms with Crippen molar-refractivity contribution < 1.29 is 4.79 Å². The molecule has 1 atom stereocenters.